The summed E-state index contributed by atoms with van der Waals surface area (Å²) in [6, 6.07) is 12.6. The number of methoxy groups -OCH3 is 1. The third-order valence-electron chi connectivity index (χ3n) is 2.60. The summed E-state index contributed by atoms with van der Waals surface area (Å²) in [5.41, 5.74) is 3.47. The number of nitrogens with one attached hydrogen (secondary N) is 1. The number of ether oxygens (including phenoxy) is 1. The molecule has 0 aromatic heterocycles. The van der Waals surface area contributed by atoms with Gasteiger partial charge in [0.25, 0.3) is 5.91 Å². The summed E-state index contributed by atoms with van der Waals surface area (Å²) < 4.78 is 17.8. The molecule has 20 heavy (non-hydrogen) atoms. The van der Waals surface area contributed by atoms with Crippen molar-refractivity contribution in [2.24, 2.45) is 5.10 Å². The van der Waals surface area contributed by atoms with Crippen LogP contribution in [0.4, 0.5) is 4.39 Å². The van der Waals surface area contributed by atoms with Crippen molar-refractivity contribution >= 4 is 12.1 Å². The standard InChI is InChI=1S/C15H13FN2O2/c1-20-14-5-3-2-4-13(14)15(19)18-17-10-11-6-8-12(16)9-7-11/h2-10H,1H3,(H,18,19)/b17-10-. The fourth-order valence-corrected chi connectivity index (χ4v) is 1.61. The van der Waals surface area contributed by atoms with Crippen LogP contribution in [0.25, 0.3) is 0 Å². The van der Waals surface area contributed by atoms with Gasteiger partial charge in [-0.3, -0.25) is 4.79 Å². The SMILES string of the molecule is COc1ccccc1C(=O)N/N=C\c1ccc(F)cc1. The molecule has 0 radical (unpaired) electrons. The molecule has 0 heterocycles. The number of halogens is 1. The topological polar surface area (TPSA) is 50.7 Å². The van der Waals surface area contributed by atoms with E-state index in [0.717, 1.165) is 0 Å². The minimum Gasteiger partial charge on any atom is -0.496 e. The van der Waals surface area contributed by atoms with Gasteiger partial charge in [0.15, 0.2) is 0 Å². The smallest absolute Gasteiger partial charge is 0.275 e. The zero-order chi connectivity index (χ0) is 14.4. The lowest BCUT2D eigenvalue weighted by Gasteiger charge is -2.05. The Morgan fingerprint density at radius 2 is 1.90 bits per heavy atom. The van der Waals surface area contributed by atoms with Crippen LogP contribution in [0.15, 0.2) is 53.6 Å². The molecule has 0 aliphatic heterocycles. The molecule has 0 unspecified atom stereocenters. The van der Waals surface area contributed by atoms with Crippen LogP contribution in [-0.4, -0.2) is 19.2 Å². The molecule has 2 aromatic carbocycles. The molecule has 0 bridgehead atoms. The molecule has 0 aliphatic carbocycles. The third kappa shape index (κ3) is 3.41. The number of hydrogen-bond acceptors (Lipinski definition) is 3. The maximum atomic E-state index is 12.7. The number of para-hydroxylation sites is 1. The van der Waals surface area contributed by atoms with Crippen LogP contribution < -0.4 is 10.2 Å². The fraction of sp³-hybridized carbons (Fsp3) is 0.0667. The Morgan fingerprint density at radius 3 is 2.60 bits per heavy atom. The Bertz CT molecular complexity index is 624. The van der Waals surface area contributed by atoms with Crippen LogP contribution in [0.5, 0.6) is 5.75 Å². The zero-order valence-corrected chi connectivity index (χ0v) is 10.8. The number of amides is 1. The van der Waals surface area contributed by atoms with E-state index in [9.17, 15) is 9.18 Å². The Labute approximate surface area is 115 Å². The maximum absolute atomic E-state index is 12.7. The highest BCUT2D eigenvalue weighted by atomic mass is 19.1. The van der Waals surface area contributed by atoms with Crippen molar-refractivity contribution in [3.05, 3.63) is 65.5 Å². The van der Waals surface area contributed by atoms with E-state index in [-0.39, 0.29) is 11.7 Å². The first-order valence-electron chi connectivity index (χ1n) is 5.92. The fourth-order valence-electron chi connectivity index (χ4n) is 1.61. The van der Waals surface area contributed by atoms with Gasteiger partial charge in [0.2, 0.25) is 0 Å². The van der Waals surface area contributed by atoms with Gasteiger partial charge >= 0.3 is 0 Å². The monoisotopic (exact) mass is 272 g/mol. The van der Waals surface area contributed by atoms with E-state index in [0.29, 0.717) is 16.9 Å². The number of carbonyl (C=O) groups excluding carboxylic acids is 1. The van der Waals surface area contributed by atoms with Crippen LogP contribution in [-0.2, 0) is 0 Å². The molecule has 2 aromatic rings. The average molecular weight is 272 g/mol. The largest absolute Gasteiger partial charge is 0.496 e. The third-order valence-corrected chi connectivity index (χ3v) is 2.60. The molecular weight excluding hydrogens is 259 g/mol. The predicted octanol–water partition coefficient (Wildman–Crippen LogP) is 2.60. The number of hydrazone groups is 1. The summed E-state index contributed by atoms with van der Waals surface area (Å²) in [5, 5.41) is 3.82. The van der Waals surface area contributed by atoms with Gasteiger partial charge in [-0.05, 0) is 29.8 Å². The van der Waals surface area contributed by atoms with Gasteiger partial charge in [-0.2, -0.15) is 5.10 Å². The molecule has 1 amide bonds. The second-order valence-electron chi connectivity index (χ2n) is 3.95. The highest BCUT2D eigenvalue weighted by Crippen LogP contribution is 2.16. The zero-order valence-electron chi connectivity index (χ0n) is 10.8. The molecule has 0 aliphatic rings. The van der Waals surface area contributed by atoms with Crippen LogP contribution in [0, 0.1) is 5.82 Å². The van der Waals surface area contributed by atoms with E-state index in [1.807, 2.05) is 0 Å². The highest BCUT2D eigenvalue weighted by Gasteiger charge is 2.09. The Balaban J connectivity index is 2.03. The van der Waals surface area contributed by atoms with E-state index in [1.165, 1.54) is 25.5 Å². The normalized spacial score (nSPS) is 10.5. The van der Waals surface area contributed by atoms with Gasteiger partial charge in [-0.25, -0.2) is 9.82 Å². The molecular formula is C15H13FN2O2. The van der Waals surface area contributed by atoms with Crippen LogP contribution in [0.3, 0.4) is 0 Å². The Kier molecular flexibility index (Phi) is 4.44. The van der Waals surface area contributed by atoms with Crippen LogP contribution in [0.1, 0.15) is 15.9 Å². The van der Waals surface area contributed by atoms with Gasteiger partial charge in [0.05, 0.1) is 18.9 Å². The van der Waals surface area contributed by atoms with E-state index in [1.54, 1.807) is 36.4 Å². The Morgan fingerprint density at radius 1 is 1.20 bits per heavy atom. The van der Waals surface area contributed by atoms with Gasteiger partial charge in [0.1, 0.15) is 11.6 Å². The first kappa shape index (κ1) is 13.7. The number of benzene rings is 2. The van der Waals surface area contributed by atoms with Crippen molar-refractivity contribution in [3.8, 4) is 5.75 Å². The molecule has 1 N–H and O–H groups in total. The quantitative estimate of drug-likeness (QED) is 0.687. The minimum absolute atomic E-state index is 0.319. The van der Waals surface area contributed by atoms with Gasteiger partial charge < -0.3 is 4.74 Å². The van der Waals surface area contributed by atoms with Crippen molar-refractivity contribution < 1.29 is 13.9 Å². The lowest BCUT2D eigenvalue weighted by molar-refractivity contribution is 0.0952. The van der Waals surface area contributed by atoms with Crippen molar-refractivity contribution in [3.63, 3.8) is 0 Å². The molecule has 0 spiro atoms. The molecule has 0 fully saturated rings. The molecule has 2 rings (SSSR count). The molecule has 102 valence electrons. The number of carbonyl (C=O) groups is 1. The van der Waals surface area contributed by atoms with Gasteiger partial charge in [-0.15, -0.1) is 0 Å². The van der Waals surface area contributed by atoms with Crippen molar-refractivity contribution in [1.29, 1.82) is 0 Å². The number of nitrogens with zero attached hydrogens (tertiary/aromatic N) is 1. The highest BCUT2D eigenvalue weighted by molar-refractivity contribution is 5.97. The molecule has 4 nitrogen and oxygen atoms in total. The van der Waals surface area contributed by atoms with Crippen molar-refractivity contribution in [2.45, 2.75) is 0 Å². The van der Waals surface area contributed by atoms with Crippen LogP contribution >= 0.6 is 0 Å². The van der Waals surface area contributed by atoms with Crippen LogP contribution in [0.2, 0.25) is 0 Å². The lowest BCUT2D eigenvalue weighted by Crippen LogP contribution is -2.18. The summed E-state index contributed by atoms with van der Waals surface area (Å²) in [7, 11) is 1.49. The summed E-state index contributed by atoms with van der Waals surface area (Å²) >= 11 is 0. The second-order valence-corrected chi connectivity index (χ2v) is 3.95. The van der Waals surface area contributed by atoms with Gasteiger partial charge in [-0.1, -0.05) is 24.3 Å². The lowest BCUT2D eigenvalue weighted by atomic mass is 10.2. The number of rotatable bonds is 4. The first-order valence-corrected chi connectivity index (χ1v) is 5.92. The summed E-state index contributed by atoms with van der Waals surface area (Å²) in [4.78, 5) is 11.9. The average Bonchev–Trinajstić information content (AvgIpc) is 2.49. The minimum atomic E-state index is -0.374. The van der Waals surface area contributed by atoms with E-state index in [4.69, 9.17) is 4.74 Å². The second kappa shape index (κ2) is 6.47. The van der Waals surface area contributed by atoms with Gasteiger partial charge in [0, 0.05) is 0 Å². The van der Waals surface area contributed by atoms with Crippen molar-refractivity contribution in [1.82, 2.24) is 5.43 Å². The summed E-state index contributed by atoms with van der Waals surface area (Å²) in [5.74, 6) is -0.219. The number of hydrogen-bond donors (Lipinski definition) is 1. The first-order chi connectivity index (χ1) is 9.70. The summed E-state index contributed by atoms with van der Waals surface area (Å²) in [6.45, 7) is 0. The van der Waals surface area contributed by atoms with E-state index in [2.05, 4.69) is 10.5 Å². The van der Waals surface area contributed by atoms with Crippen molar-refractivity contribution in [2.75, 3.05) is 7.11 Å². The maximum Gasteiger partial charge on any atom is 0.275 e. The Hall–Kier alpha value is -2.69. The predicted molar refractivity (Wildman–Crippen MR) is 74.5 cm³/mol. The van der Waals surface area contributed by atoms with E-state index < -0.39 is 0 Å². The van der Waals surface area contributed by atoms with E-state index >= 15 is 0 Å². The molecule has 0 saturated heterocycles. The molecule has 0 saturated carbocycles. The summed E-state index contributed by atoms with van der Waals surface area (Å²) in [6.07, 6.45) is 1.44. The molecule has 0 atom stereocenters. The molecule has 5 heteroatoms.